The molecule has 66 valence electrons. The average molecular weight is 229 g/mol. The fraction of sp³-hybridized carbons (Fsp3) is 0.200. The summed E-state index contributed by atoms with van der Waals surface area (Å²) < 4.78 is 24.9. The van der Waals surface area contributed by atoms with Crippen LogP contribution in [-0.4, -0.2) is 26.8 Å². The van der Waals surface area contributed by atoms with Crippen molar-refractivity contribution in [2.45, 2.75) is 4.34 Å². The molecule has 0 saturated carbocycles. The minimum absolute atomic E-state index is 0. The van der Waals surface area contributed by atoms with Gasteiger partial charge in [-0.1, -0.05) is 0 Å². The molecule has 0 spiro atoms. The number of thiazole rings is 1. The fourth-order valence-electron chi connectivity index (χ4n) is 0.532. The van der Waals surface area contributed by atoms with E-state index in [4.69, 9.17) is 0 Å². The number of hydrogen-bond donors (Lipinski definition) is 0. The van der Waals surface area contributed by atoms with Crippen LogP contribution in [-0.2, 0) is 15.8 Å². The number of aromatic nitrogens is 1. The predicted molar refractivity (Wildman–Crippen MR) is 40.6 cm³/mol. The maximum absolute atomic E-state index is 10.8. The Bertz CT molecular complexity index is 326. The summed E-state index contributed by atoms with van der Waals surface area (Å²) in [5, 5.41) is 1.33. The molecule has 1 heterocycles. The van der Waals surface area contributed by atoms with Crippen LogP contribution in [0.3, 0.4) is 0 Å². The van der Waals surface area contributed by atoms with Crippen molar-refractivity contribution in [3.05, 3.63) is 11.1 Å². The van der Waals surface area contributed by atoms with Gasteiger partial charge in [0.15, 0.2) is 10.0 Å². The van der Waals surface area contributed by atoms with Crippen molar-refractivity contribution in [2.75, 3.05) is 7.11 Å². The number of esters is 1. The van der Waals surface area contributed by atoms with Crippen molar-refractivity contribution in [2.24, 2.45) is 0 Å². The molecule has 0 aliphatic rings. The molecule has 0 amide bonds. The van der Waals surface area contributed by atoms with Crippen LogP contribution >= 0.6 is 11.3 Å². The van der Waals surface area contributed by atoms with Gasteiger partial charge in [0.25, 0.3) is 0 Å². The van der Waals surface area contributed by atoms with Crippen molar-refractivity contribution in [3.63, 3.8) is 0 Å². The van der Waals surface area contributed by atoms with Gasteiger partial charge in [-0.15, -0.1) is 11.3 Å². The van der Waals surface area contributed by atoms with Crippen LogP contribution in [0.4, 0.5) is 0 Å². The van der Waals surface area contributed by atoms with Gasteiger partial charge in [0, 0.05) is 16.5 Å². The molecule has 1 aromatic heterocycles. The molecule has 0 saturated heterocycles. The SMILES string of the molecule is COC(=O)c1csc(S(=O)[O-])n1.[Na+]. The quantitative estimate of drug-likeness (QED) is 0.310. The predicted octanol–water partition coefficient (Wildman–Crippen LogP) is -2.83. The van der Waals surface area contributed by atoms with E-state index in [2.05, 4.69) is 9.72 Å². The summed E-state index contributed by atoms with van der Waals surface area (Å²) in [6.45, 7) is 0. The molecule has 0 aliphatic carbocycles. The third kappa shape index (κ3) is 3.45. The molecule has 5 nitrogen and oxygen atoms in total. The van der Waals surface area contributed by atoms with Crippen molar-refractivity contribution < 1.29 is 47.9 Å². The molecule has 1 aromatic rings. The number of nitrogens with zero attached hydrogens (tertiary/aromatic N) is 1. The second kappa shape index (κ2) is 5.84. The zero-order valence-electron chi connectivity index (χ0n) is 6.97. The third-order valence-corrected chi connectivity index (χ3v) is 2.73. The van der Waals surface area contributed by atoms with Crippen LogP contribution in [0.1, 0.15) is 10.5 Å². The molecule has 8 heteroatoms. The van der Waals surface area contributed by atoms with Gasteiger partial charge < -0.3 is 9.29 Å². The van der Waals surface area contributed by atoms with Crippen LogP contribution in [0, 0.1) is 0 Å². The van der Waals surface area contributed by atoms with Crippen molar-refractivity contribution in [3.8, 4) is 0 Å². The molecule has 1 rings (SSSR count). The van der Waals surface area contributed by atoms with Gasteiger partial charge in [-0.3, -0.25) is 4.21 Å². The largest absolute Gasteiger partial charge is 1.00 e. The number of carbonyl (C=O) groups is 1. The fourth-order valence-corrected chi connectivity index (χ4v) is 1.68. The zero-order valence-corrected chi connectivity index (χ0v) is 10.6. The topological polar surface area (TPSA) is 79.3 Å². The first-order valence-electron chi connectivity index (χ1n) is 2.78. The van der Waals surface area contributed by atoms with E-state index in [1.165, 1.54) is 12.5 Å². The number of carbonyl (C=O) groups excluding carboxylic acids is 1. The summed E-state index contributed by atoms with van der Waals surface area (Å²) in [5.74, 6) is -0.636. The summed E-state index contributed by atoms with van der Waals surface area (Å²) in [6.07, 6.45) is 0. The normalized spacial score (nSPS) is 11.5. The van der Waals surface area contributed by atoms with Crippen LogP contribution in [0.2, 0.25) is 0 Å². The molecule has 0 N–H and O–H groups in total. The molecular weight excluding hydrogens is 225 g/mol. The minimum Gasteiger partial charge on any atom is -0.767 e. The van der Waals surface area contributed by atoms with Crippen LogP contribution < -0.4 is 29.6 Å². The van der Waals surface area contributed by atoms with Crippen LogP contribution in [0.15, 0.2) is 9.72 Å². The second-order valence-corrected chi connectivity index (χ2v) is 3.70. The van der Waals surface area contributed by atoms with Gasteiger partial charge in [-0.2, -0.15) is 0 Å². The first kappa shape index (κ1) is 13.2. The average Bonchev–Trinajstić information content (AvgIpc) is 2.51. The van der Waals surface area contributed by atoms with Crippen LogP contribution in [0.25, 0.3) is 0 Å². The summed E-state index contributed by atoms with van der Waals surface area (Å²) in [7, 11) is 1.20. The molecule has 0 fully saturated rings. The molecule has 1 atom stereocenters. The van der Waals surface area contributed by atoms with E-state index in [-0.39, 0.29) is 39.6 Å². The molecule has 0 radical (unpaired) electrons. The Hall–Kier alpha value is 0.210. The van der Waals surface area contributed by atoms with Crippen molar-refractivity contribution >= 4 is 28.4 Å². The van der Waals surface area contributed by atoms with Crippen molar-refractivity contribution in [1.82, 2.24) is 4.98 Å². The van der Waals surface area contributed by atoms with Crippen molar-refractivity contribution in [1.29, 1.82) is 0 Å². The van der Waals surface area contributed by atoms with E-state index in [1.54, 1.807) is 0 Å². The molecule has 13 heavy (non-hydrogen) atoms. The van der Waals surface area contributed by atoms with Gasteiger partial charge in [0.1, 0.15) is 0 Å². The van der Waals surface area contributed by atoms with Gasteiger partial charge in [0.2, 0.25) is 0 Å². The Morgan fingerprint density at radius 2 is 2.38 bits per heavy atom. The molecular formula is C5H4NNaO4S2. The second-order valence-electron chi connectivity index (χ2n) is 1.72. The first-order valence-corrected chi connectivity index (χ1v) is 4.73. The first-order chi connectivity index (χ1) is 5.65. The van der Waals surface area contributed by atoms with Gasteiger partial charge >= 0.3 is 35.5 Å². The summed E-state index contributed by atoms with van der Waals surface area (Å²) >= 11 is -1.50. The van der Waals surface area contributed by atoms with E-state index in [0.29, 0.717) is 0 Å². The number of methoxy groups -OCH3 is 1. The standard InChI is InChI=1S/C5H5NO4S2.Na/c1-10-4(7)3-2-11-5(6-3)12(8)9;/h2H,1H3,(H,8,9);/q;+1/p-1. The summed E-state index contributed by atoms with van der Waals surface area (Å²) in [6, 6.07) is 0. The third-order valence-electron chi connectivity index (χ3n) is 1.02. The van der Waals surface area contributed by atoms with E-state index in [9.17, 15) is 13.6 Å². The van der Waals surface area contributed by atoms with E-state index >= 15 is 0 Å². The maximum atomic E-state index is 10.8. The molecule has 0 bridgehead atoms. The Morgan fingerprint density at radius 3 is 2.77 bits per heavy atom. The van der Waals surface area contributed by atoms with Gasteiger partial charge in [-0.05, 0) is 0 Å². The van der Waals surface area contributed by atoms with Gasteiger partial charge in [-0.25, -0.2) is 9.78 Å². The monoisotopic (exact) mass is 229 g/mol. The number of rotatable bonds is 2. The molecule has 1 unspecified atom stereocenters. The van der Waals surface area contributed by atoms with E-state index in [0.717, 1.165) is 11.3 Å². The van der Waals surface area contributed by atoms with Gasteiger partial charge in [0.05, 0.1) is 7.11 Å². The molecule has 0 aliphatic heterocycles. The van der Waals surface area contributed by atoms with E-state index in [1.807, 2.05) is 0 Å². The number of ether oxygens (including phenoxy) is 1. The summed E-state index contributed by atoms with van der Waals surface area (Å²) in [5.41, 5.74) is 0.0155. The molecule has 0 aromatic carbocycles. The minimum atomic E-state index is -2.38. The maximum Gasteiger partial charge on any atom is 1.00 e. The summed E-state index contributed by atoms with van der Waals surface area (Å²) in [4.78, 5) is 14.3. The Labute approximate surface area is 103 Å². The Balaban J connectivity index is 0.00000144. The Morgan fingerprint density at radius 1 is 1.77 bits per heavy atom. The zero-order chi connectivity index (χ0) is 9.14. The Kier molecular flexibility index (Phi) is 5.93. The smallest absolute Gasteiger partial charge is 0.767 e. The van der Waals surface area contributed by atoms with Crippen LogP contribution in [0.5, 0.6) is 0 Å². The van der Waals surface area contributed by atoms with E-state index < -0.39 is 17.0 Å². The number of hydrogen-bond acceptors (Lipinski definition) is 6.